The van der Waals surface area contributed by atoms with E-state index in [1.165, 1.54) is 108 Å². The number of carbonyl (C=O) groups is 4. The molecule has 5 aliphatic rings. The fraction of sp³-hybridized carbons (Fsp3) is 0.918. The molecule has 5 fully saturated rings. The molecule has 28 atom stereocenters. The van der Waals surface area contributed by atoms with Crippen LogP contribution in [-0.2, 0) is 66.5 Å². The highest BCUT2D eigenvalue weighted by Crippen LogP contribution is 2.41. The second-order valence-electron chi connectivity index (χ2n) is 29.4. The zero-order valence-corrected chi connectivity index (χ0v) is 63.4. The Labute approximate surface area is 633 Å². The van der Waals surface area contributed by atoms with Gasteiger partial charge in [-0.1, -0.05) is 180 Å². The molecule has 0 aromatic carbocycles. The van der Waals surface area contributed by atoms with Gasteiger partial charge in [0.2, 0.25) is 17.7 Å². The maximum absolute atomic E-state index is 14.3. The predicted molar refractivity (Wildman–Crippen MR) is 382 cm³/mol. The Morgan fingerprint density at radius 3 is 1.46 bits per heavy atom. The van der Waals surface area contributed by atoms with Crippen LogP contribution in [0.3, 0.4) is 0 Å². The molecule has 5 rings (SSSR count). The number of hydrogen-bond donors (Lipinski definition) is 20. The summed E-state index contributed by atoms with van der Waals surface area (Å²) >= 11 is 0. The number of aliphatic hydroxyl groups excluding tert-OH is 16. The SMILES string of the molecule is CCCCCCCCCCCCC/C=C/[C@@H](O)[C@H](CO[C@@H]1O[C@@H](CO)[C@@H](O[C@@H]2OC(CO)[C@H](O[C@@H]3OC(CO)[C@H](O)[C@H](O[C@@H]4OC(CO)[C@H](O)[C@H](O)C4O)C3NC(C)=O)[C@H](O[C@]3(C(=O)N[OH2+])C[C@@H](O)[C@@H](NC(C)=O)C([C@H](O)[C@H](O)CO)O3)C2O)C(O)C1O)NC(=O)CCCCCCCCCCCCCCCCC. The Bertz CT molecular complexity index is 2520. The lowest BCUT2D eigenvalue weighted by Crippen LogP contribution is -2.73. The number of nitrogens with one attached hydrogen (secondary N) is 4. The van der Waals surface area contributed by atoms with Gasteiger partial charge < -0.3 is 150 Å². The van der Waals surface area contributed by atoms with Crippen LogP contribution in [0.4, 0.5) is 0 Å². The third-order valence-corrected chi connectivity index (χ3v) is 20.7. The van der Waals surface area contributed by atoms with Gasteiger partial charge in [0.05, 0.1) is 63.9 Å². The molecule has 0 bridgehead atoms. The van der Waals surface area contributed by atoms with Crippen molar-refractivity contribution in [2.45, 2.75) is 385 Å². The molecule has 35 heteroatoms. The molecule has 35 nitrogen and oxygen atoms in total. The topological polar surface area (TPSA) is 555 Å². The molecular weight excluding hydrogens is 1430 g/mol. The van der Waals surface area contributed by atoms with E-state index in [0.717, 1.165) is 71.6 Å². The van der Waals surface area contributed by atoms with Crippen molar-refractivity contribution in [3.05, 3.63) is 12.2 Å². The molecule has 630 valence electrons. The molecule has 0 saturated carbocycles. The lowest BCUT2D eigenvalue weighted by Gasteiger charge is -2.53. The molecule has 4 amide bonds. The van der Waals surface area contributed by atoms with Crippen LogP contribution in [0, 0.1) is 0 Å². The van der Waals surface area contributed by atoms with Crippen molar-refractivity contribution >= 4 is 23.6 Å². The minimum atomic E-state index is -3.23. The molecule has 22 N–H and O–H groups in total. The Morgan fingerprint density at radius 1 is 0.500 bits per heavy atom. The van der Waals surface area contributed by atoms with Gasteiger partial charge in [-0.05, 0) is 19.3 Å². The number of rotatable bonds is 52. The van der Waals surface area contributed by atoms with Crippen LogP contribution in [0.5, 0.6) is 0 Å². The molecule has 5 heterocycles. The summed E-state index contributed by atoms with van der Waals surface area (Å²) in [6, 6.07) is -4.78. The average molecular weight is 1560 g/mol. The van der Waals surface area contributed by atoms with E-state index in [0.29, 0.717) is 12.8 Å². The zero-order valence-electron chi connectivity index (χ0n) is 63.4. The number of aliphatic hydroxyl groups is 16. The van der Waals surface area contributed by atoms with Gasteiger partial charge in [-0.15, -0.1) is 5.48 Å². The first kappa shape index (κ1) is 95.1. The lowest BCUT2D eigenvalue weighted by atomic mass is 9.87. The lowest BCUT2D eigenvalue weighted by molar-refractivity contribution is -0.402. The van der Waals surface area contributed by atoms with Gasteiger partial charge in [0.25, 0.3) is 5.79 Å². The van der Waals surface area contributed by atoms with E-state index in [-0.39, 0.29) is 12.3 Å². The van der Waals surface area contributed by atoms with Crippen LogP contribution in [0.1, 0.15) is 214 Å². The first-order valence-electron chi connectivity index (χ1n) is 39.4. The fourth-order valence-corrected chi connectivity index (χ4v) is 14.4. The van der Waals surface area contributed by atoms with Crippen molar-refractivity contribution in [2.24, 2.45) is 0 Å². The third kappa shape index (κ3) is 29.1. The van der Waals surface area contributed by atoms with Crippen molar-refractivity contribution < 1.29 is 153 Å². The number of unbranched alkanes of at least 4 members (excludes halogenated alkanes) is 25. The maximum atomic E-state index is 14.3. The number of allylic oxidation sites excluding steroid dienone is 1. The van der Waals surface area contributed by atoms with Gasteiger partial charge in [0.1, 0.15) is 116 Å². The average Bonchev–Trinajstić information content (AvgIpc) is 0.745. The monoisotopic (exact) mass is 1560 g/mol. The maximum Gasteiger partial charge on any atom is 0.343 e. The van der Waals surface area contributed by atoms with Gasteiger partial charge in [-0.25, -0.2) is 0 Å². The Balaban J connectivity index is 1.41. The fourth-order valence-electron chi connectivity index (χ4n) is 14.4. The Morgan fingerprint density at radius 2 is 0.944 bits per heavy atom. The van der Waals surface area contributed by atoms with Gasteiger partial charge in [-0.2, -0.15) is 0 Å². The second-order valence-corrected chi connectivity index (χ2v) is 29.4. The van der Waals surface area contributed by atoms with Crippen molar-refractivity contribution in [1.82, 2.24) is 21.4 Å². The van der Waals surface area contributed by atoms with E-state index < -0.39 is 235 Å². The largest absolute Gasteiger partial charge is 0.394 e. The molecular formula is C73H133N4O31+. The molecule has 0 radical (unpaired) electrons. The highest BCUT2D eigenvalue weighted by Gasteiger charge is 2.62. The number of carbonyl (C=O) groups excluding carboxylic acids is 4. The van der Waals surface area contributed by atoms with Crippen molar-refractivity contribution in [3.8, 4) is 0 Å². The summed E-state index contributed by atoms with van der Waals surface area (Å²) in [7, 11) is 0. The molecule has 9 unspecified atom stereocenters. The molecule has 0 aromatic rings. The Hall–Kier alpha value is -3.46. The molecule has 5 saturated heterocycles. The Kier molecular flexibility index (Phi) is 44.7. The van der Waals surface area contributed by atoms with Crippen LogP contribution >= 0.6 is 0 Å². The summed E-state index contributed by atoms with van der Waals surface area (Å²) in [5.74, 6) is -7.03. The highest BCUT2D eigenvalue weighted by molar-refractivity contribution is 5.83. The summed E-state index contributed by atoms with van der Waals surface area (Å²) < 4.78 is 60.6. The predicted octanol–water partition coefficient (Wildman–Crippen LogP) is -2.37. The normalized spacial score (nSPS) is 34.4. The number of ether oxygens (including phenoxy) is 10. The summed E-state index contributed by atoms with van der Waals surface area (Å²) in [5.41, 5.74) is 1.53. The first-order valence-corrected chi connectivity index (χ1v) is 39.4. The molecule has 0 aromatic heterocycles. The van der Waals surface area contributed by atoms with Crippen molar-refractivity contribution in [3.63, 3.8) is 0 Å². The van der Waals surface area contributed by atoms with E-state index in [1.54, 1.807) is 6.08 Å². The third-order valence-electron chi connectivity index (χ3n) is 20.7. The molecule has 108 heavy (non-hydrogen) atoms. The van der Waals surface area contributed by atoms with E-state index in [2.05, 4.69) is 29.8 Å². The van der Waals surface area contributed by atoms with E-state index in [9.17, 15) is 101 Å². The van der Waals surface area contributed by atoms with Crippen LogP contribution in [0.25, 0.3) is 0 Å². The summed E-state index contributed by atoms with van der Waals surface area (Å²) in [4.78, 5) is 53.6. The molecule has 0 aliphatic carbocycles. The zero-order chi connectivity index (χ0) is 79.5. The molecule has 0 spiro atoms. The smallest absolute Gasteiger partial charge is 0.343 e. The van der Waals surface area contributed by atoms with E-state index in [4.69, 9.17) is 52.6 Å². The minimum absolute atomic E-state index is 0.136. The van der Waals surface area contributed by atoms with Crippen LogP contribution in [0.15, 0.2) is 12.2 Å². The summed E-state index contributed by atoms with van der Waals surface area (Å²) in [6.07, 6.45) is -16.4. The van der Waals surface area contributed by atoms with Crippen LogP contribution < -0.4 is 21.4 Å². The quantitative estimate of drug-likeness (QED) is 0.0131. The number of hydrogen-bond acceptors (Lipinski definition) is 30. The van der Waals surface area contributed by atoms with E-state index in [1.807, 2.05) is 6.08 Å². The van der Waals surface area contributed by atoms with Crippen LogP contribution in [0.2, 0.25) is 0 Å². The van der Waals surface area contributed by atoms with Gasteiger partial charge >= 0.3 is 5.91 Å². The summed E-state index contributed by atoms with van der Waals surface area (Å²) in [5, 5.41) is 194. The van der Waals surface area contributed by atoms with Gasteiger partial charge in [0.15, 0.2) is 25.2 Å². The standard InChI is InChI=1S/C73H132N4O31/c1-5-7-9-11-13-15-17-19-20-22-24-26-28-30-32-34-52(88)76-44(45(85)33-31-29-27-25-23-21-18-16-14-12-10-8-6-2)41-99-69-61(95)59(93)63(50(39-81)102-69)104-71-62(96)67(108-73(72(97)77-98)35-46(86)53(74-42(3)83)66(107-73)55(89)47(87)36-78)64(51(40-82)103-71)105-68-54(75-43(4)84)65(57(91)49(38-80)100-68)106-70-60(94)58(92)56(90)48(37-79)101-70/h31,33,44-51,53-71,78-82,85-87,89-96,98H,5-30,32,34-41H2,1-4H3,(H,74,83)(H,75,84)(H,76,88)(H,77,97)/p+1/b33-31+/t44-,45+,46+,47+,48?,49?,50-,51?,53+,54?,55+,56-,57-,58-,59?,60?,61?,62?,63+,64-,65+,66?,67+,68-,69+,70-,71-,73-/m0/s1. The van der Waals surface area contributed by atoms with E-state index >= 15 is 0 Å². The van der Waals surface area contributed by atoms with Crippen LogP contribution in [-0.4, -0.2) is 321 Å². The number of hydroxylamine groups is 1. The minimum Gasteiger partial charge on any atom is -0.394 e. The second kappa shape index (κ2) is 50.7. The first-order chi connectivity index (χ1) is 51.8. The van der Waals surface area contributed by atoms with Gasteiger partial charge in [0, 0.05) is 26.7 Å². The molecule has 5 aliphatic heterocycles. The highest BCUT2D eigenvalue weighted by atomic mass is 16.8. The summed E-state index contributed by atoms with van der Waals surface area (Å²) in [6.45, 7) is 0.375. The van der Waals surface area contributed by atoms with Crippen molar-refractivity contribution in [2.75, 3.05) is 39.6 Å². The number of amides is 4. The van der Waals surface area contributed by atoms with Gasteiger partial charge in [-0.3, -0.25) is 19.2 Å². The van der Waals surface area contributed by atoms with Crippen molar-refractivity contribution in [1.29, 1.82) is 0 Å².